The Morgan fingerprint density at radius 3 is 2.18 bits per heavy atom. The van der Waals surface area contributed by atoms with Crippen LogP contribution in [0, 0.1) is 18.8 Å². The maximum absolute atomic E-state index is 12.7. The molecule has 232 valence electrons. The van der Waals surface area contributed by atoms with Crippen molar-refractivity contribution >= 4 is 5.97 Å². The summed E-state index contributed by atoms with van der Waals surface area (Å²) >= 11 is 0. The summed E-state index contributed by atoms with van der Waals surface area (Å²) < 4.78 is 19.9. The third-order valence-electron chi connectivity index (χ3n) is 8.83. The lowest BCUT2D eigenvalue weighted by atomic mass is 9.80. The van der Waals surface area contributed by atoms with E-state index in [-0.39, 0.29) is 5.97 Å². The summed E-state index contributed by atoms with van der Waals surface area (Å²) in [5, 5.41) is 0. The van der Waals surface area contributed by atoms with E-state index in [0.717, 1.165) is 46.5 Å². The van der Waals surface area contributed by atoms with Crippen molar-refractivity contribution in [2.75, 3.05) is 13.2 Å². The second-order valence-corrected chi connectivity index (χ2v) is 12.1. The number of aromatic nitrogens is 1. The monoisotopic (exact) mass is 593 g/mol. The largest absolute Gasteiger partial charge is 0.493 e. The second kappa shape index (κ2) is 15.7. The fourth-order valence-corrected chi connectivity index (χ4v) is 6.30. The topological polar surface area (TPSA) is 49.7 Å². The third kappa shape index (κ3) is 8.34. The highest BCUT2D eigenvalue weighted by molar-refractivity contribution is 5.75. The summed E-state index contributed by atoms with van der Waals surface area (Å²) in [4.78, 5) is 12.7. The molecule has 1 atom stereocenters. The molecule has 4 aromatic rings. The van der Waals surface area contributed by atoms with Crippen molar-refractivity contribution < 1.29 is 19.0 Å². The Hall–Kier alpha value is -3.99. The van der Waals surface area contributed by atoms with Gasteiger partial charge in [-0.25, -0.2) is 4.79 Å². The maximum atomic E-state index is 12.7. The summed E-state index contributed by atoms with van der Waals surface area (Å²) in [5.41, 5.74) is 5.43. The molecule has 0 spiro atoms. The van der Waals surface area contributed by atoms with E-state index in [2.05, 4.69) is 54.8 Å². The fraction of sp³-hybridized carbons (Fsp3) is 0.410. The van der Waals surface area contributed by atoms with Crippen molar-refractivity contribution in [2.24, 2.45) is 11.8 Å². The lowest BCUT2D eigenvalue weighted by molar-refractivity contribution is -0.151. The van der Waals surface area contributed by atoms with Gasteiger partial charge < -0.3 is 18.8 Å². The molecule has 1 heterocycles. The number of hydrogen-bond donors (Lipinski definition) is 0. The van der Waals surface area contributed by atoms with Gasteiger partial charge in [-0.15, -0.1) is 0 Å². The van der Waals surface area contributed by atoms with Crippen LogP contribution in [0.4, 0.5) is 0 Å². The molecule has 5 rings (SSSR count). The normalized spacial score (nSPS) is 17.2. The number of esters is 1. The average molecular weight is 594 g/mol. The van der Waals surface area contributed by atoms with Crippen LogP contribution in [-0.4, -0.2) is 29.9 Å². The molecule has 0 amide bonds. The second-order valence-electron chi connectivity index (χ2n) is 12.1. The lowest BCUT2D eigenvalue weighted by Gasteiger charge is -2.28. The molecular formula is C39H47NO4. The number of benzene rings is 3. The van der Waals surface area contributed by atoms with E-state index in [4.69, 9.17) is 14.2 Å². The number of rotatable bonds is 14. The van der Waals surface area contributed by atoms with Crippen molar-refractivity contribution in [1.82, 2.24) is 4.57 Å². The minimum Gasteiger partial charge on any atom is -0.493 e. The van der Waals surface area contributed by atoms with Crippen LogP contribution in [0.3, 0.4) is 0 Å². The van der Waals surface area contributed by atoms with Gasteiger partial charge in [0.2, 0.25) is 0 Å². The summed E-state index contributed by atoms with van der Waals surface area (Å²) in [6, 6.07) is 30.5. The third-order valence-corrected chi connectivity index (χ3v) is 8.83. The molecule has 5 nitrogen and oxygen atoms in total. The summed E-state index contributed by atoms with van der Waals surface area (Å²) in [5.74, 6) is 2.81. The molecule has 1 aliphatic carbocycles. The minimum atomic E-state index is -0.712. The molecule has 1 aromatic heterocycles. The van der Waals surface area contributed by atoms with Gasteiger partial charge in [0, 0.05) is 17.8 Å². The van der Waals surface area contributed by atoms with Gasteiger partial charge in [-0.2, -0.15) is 0 Å². The standard InChI is InChI=1S/C39H47NO4/c1-4-6-10-30-14-16-32(17-15-30)28-43-35-24-20-34(21-25-35)40-29(3)13-26-37(40)33-18-22-36(23-19-33)44-38(39(41)42-5-2)27-31-11-8-7-9-12-31/h7-9,11-13,18-26,30,32,38H,4-6,10,14-17,27-28H2,1-3H3/t30?,32?,38-/m1/s1. The first-order valence-electron chi connectivity index (χ1n) is 16.4. The molecule has 0 bridgehead atoms. The first-order chi connectivity index (χ1) is 21.5. The molecule has 0 unspecified atom stereocenters. The Labute approximate surface area is 263 Å². The molecule has 0 saturated heterocycles. The number of ether oxygens (including phenoxy) is 3. The van der Waals surface area contributed by atoms with Crippen LogP contribution < -0.4 is 9.47 Å². The van der Waals surface area contributed by atoms with E-state index in [1.165, 1.54) is 44.9 Å². The van der Waals surface area contributed by atoms with E-state index in [9.17, 15) is 4.79 Å². The predicted molar refractivity (Wildman–Crippen MR) is 178 cm³/mol. The van der Waals surface area contributed by atoms with Crippen LogP contribution in [0.15, 0.2) is 91.0 Å². The zero-order chi connectivity index (χ0) is 30.7. The van der Waals surface area contributed by atoms with E-state index in [1.807, 2.05) is 61.5 Å². The van der Waals surface area contributed by atoms with E-state index >= 15 is 0 Å². The molecule has 1 saturated carbocycles. The Balaban J connectivity index is 1.22. The fourth-order valence-electron chi connectivity index (χ4n) is 6.30. The van der Waals surface area contributed by atoms with Gasteiger partial charge in [0.15, 0.2) is 6.10 Å². The molecule has 5 heteroatoms. The Bertz CT molecular complexity index is 1430. The molecule has 3 aromatic carbocycles. The zero-order valence-electron chi connectivity index (χ0n) is 26.5. The molecule has 0 N–H and O–H groups in total. The highest BCUT2D eigenvalue weighted by Crippen LogP contribution is 2.33. The minimum absolute atomic E-state index is 0.315. The highest BCUT2D eigenvalue weighted by Gasteiger charge is 2.23. The van der Waals surface area contributed by atoms with Crippen LogP contribution in [-0.2, 0) is 16.0 Å². The molecular weight excluding hydrogens is 546 g/mol. The smallest absolute Gasteiger partial charge is 0.347 e. The van der Waals surface area contributed by atoms with Crippen LogP contribution in [0.1, 0.15) is 70.1 Å². The van der Waals surface area contributed by atoms with Crippen molar-refractivity contribution in [3.8, 4) is 28.4 Å². The summed E-state index contributed by atoms with van der Waals surface area (Å²) in [6.45, 7) is 7.34. The quantitative estimate of drug-likeness (QED) is 0.137. The summed E-state index contributed by atoms with van der Waals surface area (Å²) in [7, 11) is 0. The Kier molecular flexibility index (Phi) is 11.2. The molecule has 0 radical (unpaired) electrons. The van der Waals surface area contributed by atoms with Crippen molar-refractivity contribution in [3.63, 3.8) is 0 Å². The highest BCUT2D eigenvalue weighted by atomic mass is 16.6. The van der Waals surface area contributed by atoms with E-state index < -0.39 is 6.10 Å². The number of carbonyl (C=O) groups is 1. The van der Waals surface area contributed by atoms with Gasteiger partial charge in [0.25, 0.3) is 0 Å². The Morgan fingerprint density at radius 2 is 1.50 bits per heavy atom. The maximum Gasteiger partial charge on any atom is 0.347 e. The average Bonchev–Trinajstić information content (AvgIpc) is 3.45. The van der Waals surface area contributed by atoms with Crippen LogP contribution >= 0.6 is 0 Å². The van der Waals surface area contributed by atoms with Gasteiger partial charge >= 0.3 is 5.97 Å². The molecule has 1 aliphatic rings. The van der Waals surface area contributed by atoms with Crippen LogP contribution in [0.25, 0.3) is 16.9 Å². The molecule has 1 fully saturated rings. The van der Waals surface area contributed by atoms with Gasteiger partial charge in [-0.05, 0) is 110 Å². The van der Waals surface area contributed by atoms with Crippen molar-refractivity contribution in [3.05, 3.63) is 102 Å². The zero-order valence-corrected chi connectivity index (χ0v) is 26.5. The first-order valence-corrected chi connectivity index (χ1v) is 16.4. The van der Waals surface area contributed by atoms with Crippen molar-refractivity contribution in [1.29, 1.82) is 0 Å². The Morgan fingerprint density at radius 1 is 0.818 bits per heavy atom. The van der Waals surface area contributed by atoms with Gasteiger partial charge in [-0.3, -0.25) is 0 Å². The molecule has 44 heavy (non-hydrogen) atoms. The number of aryl methyl sites for hydroxylation is 1. The number of unbranched alkanes of at least 4 members (excludes halogenated alkanes) is 1. The van der Waals surface area contributed by atoms with E-state index in [0.29, 0.717) is 24.7 Å². The van der Waals surface area contributed by atoms with Crippen LogP contribution in [0.5, 0.6) is 11.5 Å². The first kappa shape index (κ1) is 31.4. The van der Waals surface area contributed by atoms with Crippen LogP contribution in [0.2, 0.25) is 0 Å². The van der Waals surface area contributed by atoms with E-state index in [1.54, 1.807) is 0 Å². The predicted octanol–water partition coefficient (Wildman–Crippen LogP) is 9.38. The molecule has 0 aliphatic heterocycles. The SMILES string of the molecule is CCCCC1CCC(COc2ccc(-n3c(C)ccc3-c3ccc(O[C@H](Cc4ccccc4)C(=O)OCC)cc3)cc2)CC1. The summed E-state index contributed by atoms with van der Waals surface area (Å²) in [6.07, 6.45) is 9.10. The van der Waals surface area contributed by atoms with Crippen molar-refractivity contribution in [2.45, 2.75) is 78.2 Å². The van der Waals surface area contributed by atoms with Gasteiger partial charge in [0.05, 0.1) is 18.9 Å². The van der Waals surface area contributed by atoms with Gasteiger partial charge in [-0.1, -0.05) is 69.4 Å². The lowest BCUT2D eigenvalue weighted by Crippen LogP contribution is -2.31. The number of carbonyl (C=O) groups excluding carboxylic acids is 1. The number of hydrogen-bond acceptors (Lipinski definition) is 4. The van der Waals surface area contributed by atoms with Gasteiger partial charge in [0.1, 0.15) is 11.5 Å². The number of nitrogens with zero attached hydrogens (tertiary/aromatic N) is 1.